The molecule has 0 aromatic heterocycles. The maximum absolute atomic E-state index is 7.61. The quantitative estimate of drug-likeness (QED) is 0.239. The number of nitrogens with zero attached hydrogens (tertiary/aromatic N) is 1. The molecule has 0 fully saturated rings. The van der Waals surface area contributed by atoms with Gasteiger partial charge in [-0.25, -0.2) is 0 Å². The summed E-state index contributed by atoms with van der Waals surface area (Å²) in [5, 5.41) is 0. The van der Waals surface area contributed by atoms with E-state index in [9.17, 15) is 0 Å². The van der Waals surface area contributed by atoms with Crippen LogP contribution in [-0.2, 0) is 21.4 Å². The molecule has 0 spiro atoms. The van der Waals surface area contributed by atoms with Gasteiger partial charge in [0.15, 0.2) is 0 Å². The van der Waals surface area contributed by atoms with E-state index in [1.54, 1.807) is 0 Å². The Morgan fingerprint density at radius 3 is 2.68 bits per heavy atom. The van der Waals surface area contributed by atoms with Crippen molar-refractivity contribution in [3.63, 3.8) is 0 Å². The van der Waals surface area contributed by atoms with Crippen molar-refractivity contribution in [2.24, 2.45) is 4.99 Å². The van der Waals surface area contributed by atoms with Gasteiger partial charge in [-0.15, -0.1) is 0 Å². The molecule has 31 heavy (non-hydrogen) atoms. The van der Waals surface area contributed by atoms with Crippen LogP contribution in [0.5, 0.6) is 0 Å². The summed E-state index contributed by atoms with van der Waals surface area (Å²) in [5.41, 5.74) is 8.44. The Morgan fingerprint density at radius 1 is 1.00 bits per heavy atom. The van der Waals surface area contributed by atoms with Crippen LogP contribution in [0.25, 0.3) is 17.2 Å². The van der Waals surface area contributed by atoms with Crippen LogP contribution in [0.2, 0.25) is 0 Å². The van der Waals surface area contributed by atoms with Gasteiger partial charge < -0.3 is 0 Å². The molecule has 0 radical (unpaired) electrons. The van der Waals surface area contributed by atoms with Crippen molar-refractivity contribution >= 4 is 61.2 Å². The number of rotatable bonds is 2. The van der Waals surface area contributed by atoms with Crippen molar-refractivity contribution < 1.29 is 14.9 Å². The van der Waals surface area contributed by atoms with Crippen molar-refractivity contribution in [3.05, 3.63) is 99.2 Å². The number of thiol groups is 1. The van der Waals surface area contributed by atoms with Crippen LogP contribution in [0, 0.1) is 0 Å². The van der Waals surface area contributed by atoms with E-state index in [0.29, 0.717) is 0 Å². The molecule has 0 N–H and O–H groups in total. The standard InChI is InChI=1S/C13H9.C12H7BrN.2ClH.H2S.Zr/c1-3-7-12-10(5-1)9-11-6-2-4-8-13(11)12;13-10-1-2-11-9(6-10)5-8-3-4-14-7-12(8)11;;;;/h1-7H,9H2;1,3-7,12H;2*1H;1H2;/q;;;;;+3/p-3. The predicted molar refractivity (Wildman–Crippen MR) is 137 cm³/mol. The molecule has 3 aromatic carbocycles. The summed E-state index contributed by atoms with van der Waals surface area (Å²) in [6.45, 7) is 0. The van der Waals surface area contributed by atoms with Gasteiger partial charge in [0.1, 0.15) is 0 Å². The summed E-state index contributed by atoms with van der Waals surface area (Å²) in [4.78, 5) is 4.40. The summed E-state index contributed by atoms with van der Waals surface area (Å²) in [5.74, 6) is 0.0599. The summed E-state index contributed by atoms with van der Waals surface area (Å²) in [7, 11) is 20.5. The molecule has 6 heteroatoms. The second-order valence-corrected chi connectivity index (χ2v) is 35.1. The first-order chi connectivity index (χ1) is 14.8. The van der Waals surface area contributed by atoms with Gasteiger partial charge in [0.25, 0.3) is 0 Å². The Labute approximate surface area is 201 Å². The molecule has 3 aliphatic rings. The van der Waals surface area contributed by atoms with Crippen LogP contribution in [0.15, 0.2) is 81.9 Å². The van der Waals surface area contributed by atoms with E-state index in [1.165, 1.54) is 27.8 Å². The Kier molecular flexibility index (Phi) is 4.71. The van der Waals surface area contributed by atoms with E-state index >= 15 is 0 Å². The first-order valence-corrected chi connectivity index (χ1v) is 23.4. The molecule has 0 amide bonds. The van der Waals surface area contributed by atoms with Gasteiger partial charge in [-0.05, 0) is 0 Å². The predicted octanol–water partition coefficient (Wildman–Crippen LogP) is 6.89. The second kappa shape index (κ2) is 7.05. The van der Waals surface area contributed by atoms with Gasteiger partial charge in [-0.2, -0.15) is 0 Å². The molecule has 0 bridgehead atoms. The molecule has 1 nitrogen and oxygen atoms in total. The normalized spacial score (nSPS) is 19.2. The third kappa shape index (κ3) is 3.10. The van der Waals surface area contributed by atoms with Gasteiger partial charge in [0.2, 0.25) is 0 Å². The fraction of sp³-hybridized carbons (Fsp3) is 0.0800. The summed E-state index contributed by atoms with van der Waals surface area (Å²) >= 11 is -1.30. The molecule has 1 atom stereocenters. The molecule has 3 aromatic rings. The van der Waals surface area contributed by atoms with E-state index in [-0.39, 0.29) is 5.92 Å². The number of halogens is 3. The van der Waals surface area contributed by atoms with Gasteiger partial charge in [-0.1, -0.05) is 0 Å². The third-order valence-electron chi connectivity index (χ3n) is 6.49. The van der Waals surface area contributed by atoms with E-state index in [1.807, 2.05) is 12.4 Å². The number of allylic oxidation sites excluding steroid dienone is 2. The minimum absolute atomic E-state index is 0.0599. The Morgan fingerprint density at radius 2 is 1.81 bits per heavy atom. The first kappa shape index (κ1) is 20.7. The van der Waals surface area contributed by atoms with E-state index in [4.69, 9.17) is 26.4 Å². The Balaban J connectivity index is 1.64. The Bertz CT molecular complexity index is 1380. The van der Waals surface area contributed by atoms with E-state index < -0.39 is 14.9 Å². The van der Waals surface area contributed by atoms with Crippen molar-refractivity contribution in [2.45, 2.75) is 12.3 Å². The monoisotopic (exact) mass is 602 g/mol. The van der Waals surface area contributed by atoms with Crippen LogP contribution in [-0.4, -0.2) is 6.21 Å². The molecule has 2 aliphatic carbocycles. The maximum atomic E-state index is 7.61. The fourth-order valence-electron chi connectivity index (χ4n) is 5.16. The van der Waals surface area contributed by atoms with Crippen molar-refractivity contribution in [1.29, 1.82) is 0 Å². The van der Waals surface area contributed by atoms with Crippen LogP contribution >= 0.6 is 42.3 Å². The molecule has 1 heterocycles. The molecular formula is C25H17BrCl2NSZr. The molecule has 6 rings (SSSR count). The zero-order chi connectivity index (χ0) is 21.4. The summed E-state index contributed by atoms with van der Waals surface area (Å²) in [6.07, 6.45) is 8.97. The Hall–Kier alpha value is -0.897. The van der Waals surface area contributed by atoms with E-state index in [2.05, 4.69) is 87.7 Å². The number of hydrogen-bond donors (Lipinski definition) is 1. The van der Waals surface area contributed by atoms with Crippen LogP contribution in [0.1, 0.15) is 28.2 Å². The average Bonchev–Trinajstić information content (AvgIpc) is 3.30. The SMILES string of the molecule is [SH][Zr]([Cl])([Cl])([c]1cccc2c1-c1ccccc1C2)[c]1cc(Br)cc2c1C1C=NC=CC1=C2. The summed E-state index contributed by atoms with van der Waals surface area (Å²) < 4.78 is 2.92. The van der Waals surface area contributed by atoms with Crippen molar-refractivity contribution in [3.8, 4) is 11.1 Å². The zero-order valence-electron chi connectivity index (χ0n) is 16.3. The molecule has 0 saturated heterocycles. The number of hydrogen-bond acceptors (Lipinski definition) is 2. The first-order valence-electron chi connectivity index (χ1n) is 10.1. The van der Waals surface area contributed by atoms with Gasteiger partial charge in [0, 0.05) is 0 Å². The zero-order valence-corrected chi connectivity index (χ0v) is 22.8. The minimum atomic E-state index is -4.99. The third-order valence-corrected chi connectivity index (χ3v) is 21.2. The number of aliphatic imine (C=N–C) groups is 1. The van der Waals surface area contributed by atoms with Gasteiger partial charge in [-0.3, -0.25) is 0 Å². The summed E-state index contributed by atoms with van der Waals surface area (Å²) in [6, 6.07) is 19.1. The number of fused-ring (bicyclic) bond motifs is 6. The van der Waals surface area contributed by atoms with Crippen molar-refractivity contribution in [2.75, 3.05) is 0 Å². The fourth-order valence-corrected chi connectivity index (χ4v) is 18.3. The van der Waals surface area contributed by atoms with Crippen molar-refractivity contribution in [1.82, 2.24) is 0 Å². The van der Waals surface area contributed by atoms with Crippen LogP contribution in [0.3, 0.4) is 0 Å². The molecular weight excluding hydrogens is 588 g/mol. The van der Waals surface area contributed by atoms with Gasteiger partial charge >= 0.3 is 204 Å². The molecule has 1 aliphatic heterocycles. The molecule has 1 unspecified atom stereocenters. The van der Waals surface area contributed by atoms with Gasteiger partial charge in [0.05, 0.1) is 0 Å². The molecule has 0 saturated carbocycles. The second-order valence-electron chi connectivity index (χ2n) is 8.33. The van der Waals surface area contributed by atoms with Crippen LogP contribution < -0.4 is 6.54 Å². The average molecular weight is 606 g/mol. The van der Waals surface area contributed by atoms with Crippen LogP contribution in [0.4, 0.5) is 0 Å². The van der Waals surface area contributed by atoms with E-state index in [0.717, 1.165) is 28.6 Å². The number of benzene rings is 3. The topological polar surface area (TPSA) is 12.4 Å². The molecule has 153 valence electrons.